The molecular weight excluding hydrogens is 468 g/mol. The van der Waals surface area contributed by atoms with Crippen LogP contribution in [0.2, 0.25) is 0 Å². The minimum atomic E-state index is -1.45. The first-order chi connectivity index (χ1) is 17.5. The number of pyridine rings is 2. The van der Waals surface area contributed by atoms with E-state index in [1.165, 1.54) is 11.3 Å². The average molecular weight is 501 g/mol. The third-order valence-corrected chi connectivity index (χ3v) is 10.4. The van der Waals surface area contributed by atoms with Crippen LogP contribution in [0, 0.1) is 5.92 Å². The van der Waals surface area contributed by atoms with E-state index < -0.39 is 10.0 Å². The van der Waals surface area contributed by atoms with E-state index in [4.69, 9.17) is 4.74 Å². The lowest BCUT2D eigenvalue weighted by Crippen LogP contribution is -2.27. The summed E-state index contributed by atoms with van der Waals surface area (Å²) in [6.45, 7) is 2.57. The maximum absolute atomic E-state index is 13.8. The smallest absolute Gasteiger partial charge is 0.174 e. The van der Waals surface area contributed by atoms with Crippen molar-refractivity contribution in [2.75, 3.05) is 12.0 Å². The number of nitrogens with zero attached hydrogens (tertiary/aromatic N) is 3. The summed E-state index contributed by atoms with van der Waals surface area (Å²) in [4.78, 5) is 22.1. The quantitative estimate of drug-likeness (QED) is 0.334. The highest BCUT2D eigenvalue weighted by Gasteiger charge is 2.36. The highest BCUT2D eigenvalue weighted by atomic mass is 32.3. The third-order valence-electron chi connectivity index (χ3n) is 7.00. The fourth-order valence-electron chi connectivity index (χ4n) is 4.87. The first kappa shape index (κ1) is 24.3. The molecule has 4 aromatic rings. The molecule has 186 valence electrons. The number of H-pyrrole nitrogens is 1. The van der Waals surface area contributed by atoms with Gasteiger partial charge in [0.1, 0.15) is 12.4 Å². The van der Waals surface area contributed by atoms with Crippen molar-refractivity contribution in [1.29, 1.82) is 0 Å². The molecule has 4 heterocycles. The van der Waals surface area contributed by atoms with E-state index in [0.717, 1.165) is 58.9 Å². The van der Waals surface area contributed by atoms with E-state index in [0.29, 0.717) is 11.7 Å². The van der Waals surface area contributed by atoms with Crippen LogP contribution in [0.15, 0.2) is 73.3 Å². The first-order valence-electron chi connectivity index (χ1n) is 12.4. The topological polar surface area (TPSA) is 80.8 Å². The Morgan fingerprint density at radius 1 is 1.08 bits per heavy atom. The summed E-state index contributed by atoms with van der Waals surface area (Å²) >= 11 is 0. The molecular formula is C29H32N4O2S. The molecule has 1 aromatic carbocycles. The van der Waals surface area contributed by atoms with E-state index >= 15 is 0 Å². The predicted octanol–water partition coefficient (Wildman–Crippen LogP) is 5.73. The number of carbonyl (C=O) groups is 1. The number of para-hydroxylation sites is 1. The highest BCUT2D eigenvalue weighted by Crippen LogP contribution is 2.55. The Hall–Kier alpha value is -3.45. The molecule has 36 heavy (non-hydrogen) atoms. The Balaban J connectivity index is 1.25. The summed E-state index contributed by atoms with van der Waals surface area (Å²) in [7, 11) is -1.45. The van der Waals surface area contributed by atoms with Crippen LogP contribution in [0.5, 0.6) is 5.75 Å². The lowest BCUT2D eigenvalue weighted by Gasteiger charge is -2.39. The number of fused-ring (bicyclic) bond motifs is 1. The fourth-order valence-corrected chi connectivity index (χ4v) is 8.05. The number of aromatic nitrogens is 4. The molecule has 1 aliphatic heterocycles. The zero-order valence-electron chi connectivity index (χ0n) is 20.8. The largest absolute Gasteiger partial charge is 0.489 e. The molecule has 3 aromatic heterocycles. The molecule has 1 aliphatic rings. The lowest BCUT2D eigenvalue weighted by atomic mass is 10.0. The molecule has 0 bridgehead atoms. The summed E-state index contributed by atoms with van der Waals surface area (Å²) in [6, 6.07) is 16.0. The minimum absolute atomic E-state index is 0.00537. The van der Waals surface area contributed by atoms with Crippen LogP contribution in [0.3, 0.4) is 0 Å². The number of carbonyl (C=O) groups excluding carboxylic acids is 1. The monoisotopic (exact) mass is 500 g/mol. The van der Waals surface area contributed by atoms with Gasteiger partial charge in [0.25, 0.3) is 0 Å². The van der Waals surface area contributed by atoms with Gasteiger partial charge in [-0.3, -0.25) is 19.9 Å². The van der Waals surface area contributed by atoms with Gasteiger partial charge in [-0.15, -0.1) is 0 Å². The summed E-state index contributed by atoms with van der Waals surface area (Å²) in [6.07, 6.45) is 11.9. The molecule has 7 heteroatoms. The fraction of sp³-hybridized carbons (Fsp3) is 0.310. The van der Waals surface area contributed by atoms with Crippen LogP contribution < -0.4 is 4.74 Å². The van der Waals surface area contributed by atoms with Gasteiger partial charge >= 0.3 is 0 Å². The minimum Gasteiger partial charge on any atom is -0.489 e. The standard InChI is InChI=1S/C29H32N4O2S/c1-21(9-10-23-7-3-4-8-27(23)35-19-22-6-5-14-31-18-22)29(34)36(2)17-13-26-25(20-36)28(33-32-26)24-11-15-30-16-12-24/h3-8,11-12,14-16,18,21H,9-10,13,17,19-20H2,1-2H3,(H,32,33). The van der Waals surface area contributed by atoms with Gasteiger partial charge in [-0.2, -0.15) is 15.1 Å². The molecule has 0 fully saturated rings. The van der Waals surface area contributed by atoms with Gasteiger partial charge in [0, 0.05) is 58.8 Å². The Bertz CT molecular complexity index is 1330. The number of rotatable bonds is 8. The molecule has 0 spiro atoms. The predicted molar refractivity (Wildman–Crippen MR) is 145 cm³/mol. The summed E-state index contributed by atoms with van der Waals surface area (Å²) in [5, 5.41) is 8.24. The molecule has 2 atom stereocenters. The lowest BCUT2D eigenvalue weighted by molar-refractivity contribution is -0.114. The van der Waals surface area contributed by atoms with E-state index in [-0.39, 0.29) is 5.92 Å². The van der Waals surface area contributed by atoms with Crippen LogP contribution in [0.25, 0.3) is 11.3 Å². The highest BCUT2D eigenvalue weighted by molar-refractivity contribution is 8.44. The molecule has 0 saturated heterocycles. The second-order valence-electron chi connectivity index (χ2n) is 9.65. The van der Waals surface area contributed by atoms with Crippen molar-refractivity contribution in [2.24, 2.45) is 5.92 Å². The molecule has 1 N–H and O–H groups in total. The Morgan fingerprint density at radius 2 is 1.92 bits per heavy atom. The van der Waals surface area contributed by atoms with Crippen LogP contribution >= 0.6 is 10.0 Å². The van der Waals surface area contributed by atoms with Gasteiger partial charge in [0.2, 0.25) is 0 Å². The number of nitrogens with one attached hydrogen (secondary N) is 1. The van der Waals surface area contributed by atoms with E-state index in [2.05, 4.69) is 39.4 Å². The van der Waals surface area contributed by atoms with Crippen LogP contribution in [0.1, 0.15) is 35.7 Å². The van der Waals surface area contributed by atoms with Gasteiger partial charge in [0.15, 0.2) is 5.12 Å². The van der Waals surface area contributed by atoms with Crippen molar-refractivity contribution < 1.29 is 9.53 Å². The van der Waals surface area contributed by atoms with Crippen LogP contribution in [0.4, 0.5) is 0 Å². The van der Waals surface area contributed by atoms with Crippen LogP contribution in [-0.2, 0) is 30.0 Å². The van der Waals surface area contributed by atoms with Crippen LogP contribution in [-0.4, -0.2) is 37.3 Å². The molecule has 0 amide bonds. The molecule has 6 nitrogen and oxygen atoms in total. The molecule has 0 radical (unpaired) electrons. The summed E-state index contributed by atoms with van der Waals surface area (Å²) < 4.78 is 6.10. The molecule has 2 unspecified atom stereocenters. The first-order valence-corrected chi connectivity index (χ1v) is 14.7. The zero-order valence-corrected chi connectivity index (χ0v) is 21.6. The second-order valence-corrected chi connectivity index (χ2v) is 13.3. The number of aromatic amines is 1. The number of benzene rings is 1. The SMILES string of the molecule is CC(CCc1ccccc1OCc1cccnc1)C(=O)S1(C)CCc2[nH]nc(-c3ccncc3)c2C1. The van der Waals surface area contributed by atoms with Crippen molar-refractivity contribution in [1.82, 2.24) is 20.2 Å². The number of ether oxygens (including phenoxy) is 1. The number of hydrogen-bond donors (Lipinski definition) is 1. The van der Waals surface area contributed by atoms with Crippen molar-refractivity contribution in [2.45, 2.75) is 38.5 Å². The van der Waals surface area contributed by atoms with E-state index in [9.17, 15) is 4.79 Å². The normalized spacial score (nSPS) is 19.6. The number of aryl methyl sites for hydroxylation is 2. The van der Waals surface area contributed by atoms with Crippen molar-refractivity contribution in [3.63, 3.8) is 0 Å². The van der Waals surface area contributed by atoms with E-state index in [1.807, 2.05) is 48.7 Å². The van der Waals surface area contributed by atoms with Crippen molar-refractivity contribution in [3.05, 3.63) is 95.7 Å². The zero-order chi connectivity index (χ0) is 25.0. The maximum Gasteiger partial charge on any atom is 0.174 e. The summed E-state index contributed by atoms with van der Waals surface area (Å²) in [5.41, 5.74) is 6.57. The number of hydrogen-bond acceptors (Lipinski definition) is 5. The van der Waals surface area contributed by atoms with Gasteiger partial charge in [-0.25, -0.2) is 0 Å². The molecule has 0 aliphatic carbocycles. The van der Waals surface area contributed by atoms with Crippen molar-refractivity contribution in [3.8, 4) is 17.0 Å². The van der Waals surface area contributed by atoms with Gasteiger partial charge in [0.05, 0.1) is 5.69 Å². The average Bonchev–Trinajstić information content (AvgIpc) is 3.34. The third kappa shape index (κ3) is 5.21. The van der Waals surface area contributed by atoms with Gasteiger partial charge in [-0.05, 0) is 61.1 Å². The van der Waals surface area contributed by atoms with Gasteiger partial charge in [-0.1, -0.05) is 31.2 Å². The second kappa shape index (κ2) is 10.7. The Morgan fingerprint density at radius 3 is 2.72 bits per heavy atom. The summed E-state index contributed by atoms with van der Waals surface area (Å²) in [5.74, 6) is 2.59. The Kier molecular flexibility index (Phi) is 7.18. The van der Waals surface area contributed by atoms with Crippen molar-refractivity contribution >= 4 is 15.1 Å². The molecule has 5 rings (SSSR count). The van der Waals surface area contributed by atoms with E-state index in [1.54, 1.807) is 18.6 Å². The maximum atomic E-state index is 13.8. The molecule has 0 saturated carbocycles. The Labute approximate surface area is 213 Å². The van der Waals surface area contributed by atoms with Gasteiger partial charge < -0.3 is 4.74 Å².